The summed E-state index contributed by atoms with van der Waals surface area (Å²) in [5, 5.41) is 10.7. The number of hydrogen-bond donors (Lipinski definition) is 0. The van der Waals surface area contributed by atoms with Gasteiger partial charge in [-0.2, -0.15) is 0 Å². The average molecular weight is 324 g/mol. The van der Waals surface area contributed by atoms with Crippen LogP contribution in [0.4, 0.5) is 10.5 Å². The monoisotopic (exact) mass is 324 g/mol. The summed E-state index contributed by atoms with van der Waals surface area (Å²) < 4.78 is 10.4. The summed E-state index contributed by atoms with van der Waals surface area (Å²) in [5.41, 5.74) is 0.252. The number of benzene rings is 1. The number of amides is 1. The van der Waals surface area contributed by atoms with E-state index >= 15 is 0 Å². The van der Waals surface area contributed by atoms with Crippen molar-refractivity contribution in [2.24, 2.45) is 0 Å². The third-order valence-corrected chi connectivity index (χ3v) is 2.95. The number of carbonyl (C=O) groups is 1. The molecule has 0 radical (unpaired) electrons. The normalized spacial score (nSPS) is 11.1. The van der Waals surface area contributed by atoms with E-state index in [1.165, 1.54) is 12.1 Å². The summed E-state index contributed by atoms with van der Waals surface area (Å²) in [6, 6.07) is 6.15. The summed E-state index contributed by atoms with van der Waals surface area (Å²) in [4.78, 5) is 24.1. The second kappa shape index (κ2) is 8.47. The molecular weight excluding hydrogens is 300 g/mol. The van der Waals surface area contributed by atoms with Crippen molar-refractivity contribution < 1.29 is 19.2 Å². The van der Waals surface area contributed by atoms with Gasteiger partial charge in [-0.05, 0) is 32.8 Å². The van der Waals surface area contributed by atoms with Crippen molar-refractivity contribution in [3.05, 3.63) is 39.9 Å². The van der Waals surface area contributed by atoms with E-state index in [2.05, 4.69) is 0 Å². The molecule has 0 atom stereocenters. The number of nitro benzene ring substituents is 1. The smallest absolute Gasteiger partial charge is 0.410 e. The average Bonchev–Trinajstić information content (AvgIpc) is 2.45. The minimum absolute atomic E-state index is 0.0250. The highest BCUT2D eigenvalue weighted by atomic mass is 16.6. The minimum Gasteiger partial charge on any atom is -0.444 e. The second-order valence-corrected chi connectivity index (χ2v) is 6.17. The number of non-ortho nitro benzene ring substituents is 1. The first-order chi connectivity index (χ1) is 10.7. The Morgan fingerprint density at radius 1 is 1.26 bits per heavy atom. The zero-order valence-electron chi connectivity index (χ0n) is 14.1. The zero-order chi connectivity index (χ0) is 17.5. The summed E-state index contributed by atoms with van der Waals surface area (Å²) in [6.07, 6.45) is 0.273. The van der Waals surface area contributed by atoms with E-state index in [1.807, 2.05) is 20.8 Å². The first kappa shape index (κ1) is 18.9. The summed E-state index contributed by atoms with van der Waals surface area (Å²) in [7, 11) is 1.61. The lowest BCUT2D eigenvalue weighted by atomic mass is 10.2. The van der Waals surface area contributed by atoms with Gasteiger partial charge < -0.3 is 14.4 Å². The van der Waals surface area contributed by atoms with E-state index in [4.69, 9.17) is 9.47 Å². The molecule has 0 spiro atoms. The van der Waals surface area contributed by atoms with Gasteiger partial charge in [0.05, 0.1) is 4.92 Å². The molecule has 0 heterocycles. The molecular formula is C16H24N2O5. The van der Waals surface area contributed by atoms with E-state index in [-0.39, 0.29) is 5.69 Å². The second-order valence-electron chi connectivity index (χ2n) is 6.17. The lowest BCUT2D eigenvalue weighted by Crippen LogP contribution is -2.37. The van der Waals surface area contributed by atoms with Crippen LogP contribution >= 0.6 is 0 Å². The van der Waals surface area contributed by atoms with Gasteiger partial charge in [0.2, 0.25) is 0 Å². The highest BCUT2D eigenvalue weighted by Crippen LogP contribution is 2.16. The van der Waals surface area contributed by atoms with E-state index < -0.39 is 16.6 Å². The first-order valence-electron chi connectivity index (χ1n) is 7.43. The number of nitro groups is 1. The third kappa shape index (κ3) is 7.10. The molecule has 1 amide bonds. The molecule has 7 nitrogen and oxygen atoms in total. The molecule has 23 heavy (non-hydrogen) atoms. The van der Waals surface area contributed by atoms with Crippen molar-refractivity contribution in [1.29, 1.82) is 0 Å². The molecule has 0 aliphatic carbocycles. The van der Waals surface area contributed by atoms with Crippen molar-refractivity contribution in [1.82, 2.24) is 4.90 Å². The Balaban J connectivity index is 2.78. The molecule has 0 aromatic heterocycles. The van der Waals surface area contributed by atoms with Crippen LogP contribution < -0.4 is 0 Å². The number of ether oxygens (including phenoxy) is 2. The van der Waals surface area contributed by atoms with Crippen LogP contribution in [-0.2, 0) is 16.0 Å². The van der Waals surface area contributed by atoms with Gasteiger partial charge in [0.1, 0.15) is 5.60 Å². The van der Waals surface area contributed by atoms with Gasteiger partial charge in [-0.3, -0.25) is 10.1 Å². The van der Waals surface area contributed by atoms with E-state index in [9.17, 15) is 14.9 Å². The van der Waals surface area contributed by atoms with E-state index in [0.717, 1.165) is 5.56 Å². The highest BCUT2D eigenvalue weighted by Gasteiger charge is 2.22. The van der Waals surface area contributed by atoms with E-state index in [1.54, 1.807) is 24.1 Å². The number of rotatable bonds is 7. The van der Waals surface area contributed by atoms with Crippen LogP contribution in [0.2, 0.25) is 0 Å². The molecule has 0 saturated heterocycles. The number of hydrogen-bond acceptors (Lipinski definition) is 5. The Bertz CT molecular complexity index is 522. The Morgan fingerprint density at radius 2 is 1.87 bits per heavy atom. The Hall–Kier alpha value is -2.15. The standard InChI is InChI=1S/C16H24N2O5/c1-16(2,3)23-15(19)17(10-5-11-22-4)12-13-6-8-14(9-7-13)18(20)21/h6-9H,5,10-12H2,1-4H3. The summed E-state index contributed by atoms with van der Waals surface area (Å²) in [5.74, 6) is 0. The molecule has 0 fully saturated rings. The number of carbonyl (C=O) groups excluding carboxylic acids is 1. The lowest BCUT2D eigenvalue weighted by molar-refractivity contribution is -0.384. The van der Waals surface area contributed by atoms with Crippen molar-refractivity contribution >= 4 is 11.8 Å². The minimum atomic E-state index is -0.577. The molecule has 0 aliphatic heterocycles. The molecule has 0 aliphatic rings. The Kier molecular flexibility index (Phi) is 6.96. The number of nitrogens with zero attached hydrogens (tertiary/aromatic N) is 2. The molecule has 1 aromatic rings. The molecule has 1 aromatic carbocycles. The fourth-order valence-corrected chi connectivity index (χ4v) is 1.90. The van der Waals surface area contributed by atoms with Crippen LogP contribution in [0.15, 0.2) is 24.3 Å². The SMILES string of the molecule is COCCCN(Cc1ccc([N+](=O)[O-])cc1)C(=O)OC(C)(C)C. The van der Waals surface area contributed by atoms with Crippen LogP contribution in [-0.4, -0.2) is 41.8 Å². The van der Waals surface area contributed by atoms with Crippen molar-refractivity contribution in [3.8, 4) is 0 Å². The third-order valence-electron chi connectivity index (χ3n) is 2.95. The fraction of sp³-hybridized carbons (Fsp3) is 0.562. The molecule has 0 saturated carbocycles. The largest absolute Gasteiger partial charge is 0.444 e. The molecule has 0 bridgehead atoms. The van der Waals surface area contributed by atoms with E-state index in [0.29, 0.717) is 26.1 Å². The van der Waals surface area contributed by atoms with Crippen molar-refractivity contribution in [3.63, 3.8) is 0 Å². The van der Waals surface area contributed by atoms with Gasteiger partial charge in [-0.1, -0.05) is 12.1 Å². The molecule has 0 unspecified atom stereocenters. The van der Waals surface area contributed by atoms with Gasteiger partial charge >= 0.3 is 6.09 Å². The maximum atomic E-state index is 12.3. The van der Waals surface area contributed by atoms with Crippen LogP contribution in [0.3, 0.4) is 0 Å². The zero-order valence-corrected chi connectivity index (χ0v) is 14.1. The van der Waals surface area contributed by atoms with Crippen LogP contribution in [0.5, 0.6) is 0 Å². The molecule has 7 heteroatoms. The number of methoxy groups -OCH3 is 1. The molecule has 1 rings (SSSR count). The Morgan fingerprint density at radius 3 is 2.35 bits per heavy atom. The van der Waals surface area contributed by atoms with Crippen molar-refractivity contribution in [2.45, 2.75) is 39.3 Å². The molecule has 0 N–H and O–H groups in total. The fourth-order valence-electron chi connectivity index (χ4n) is 1.90. The molecule has 128 valence electrons. The summed E-state index contributed by atoms with van der Waals surface area (Å²) in [6.45, 7) is 6.79. The Labute approximate surface area is 136 Å². The van der Waals surface area contributed by atoms with Gasteiger partial charge in [-0.15, -0.1) is 0 Å². The predicted molar refractivity (Wildman–Crippen MR) is 86.2 cm³/mol. The van der Waals surface area contributed by atoms with Gasteiger partial charge in [-0.25, -0.2) is 4.79 Å². The van der Waals surface area contributed by atoms with Gasteiger partial charge in [0.15, 0.2) is 0 Å². The lowest BCUT2D eigenvalue weighted by Gasteiger charge is -2.27. The maximum absolute atomic E-state index is 12.3. The predicted octanol–water partition coefficient (Wildman–Crippen LogP) is 3.37. The van der Waals surface area contributed by atoms with Crippen LogP contribution in [0.1, 0.15) is 32.8 Å². The van der Waals surface area contributed by atoms with Crippen LogP contribution in [0, 0.1) is 10.1 Å². The topological polar surface area (TPSA) is 81.9 Å². The summed E-state index contributed by atoms with van der Waals surface area (Å²) >= 11 is 0. The van der Waals surface area contributed by atoms with Crippen molar-refractivity contribution in [2.75, 3.05) is 20.3 Å². The highest BCUT2D eigenvalue weighted by molar-refractivity contribution is 5.68. The maximum Gasteiger partial charge on any atom is 0.410 e. The van der Waals surface area contributed by atoms with Gasteiger partial charge in [0, 0.05) is 38.9 Å². The van der Waals surface area contributed by atoms with Gasteiger partial charge in [0.25, 0.3) is 5.69 Å². The first-order valence-corrected chi connectivity index (χ1v) is 7.43. The van der Waals surface area contributed by atoms with Crippen LogP contribution in [0.25, 0.3) is 0 Å². The quantitative estimate of drug-likeness (QED) is 0.436.